The molecule has 1 N–H and O–H groups in total. The summed E-state index contributed by atoms with van der Waals surface area (Å²) in [5.41, 5.74) is 1.67. The number of nitrogens with one attached hydrogen (secondary N) is 1. The first kappa shape index (κ1) is 34.6. The van der Waals surface area contributed by atoms with Crippen molar-refractivity contribution in [2.75, 3.05) is 24.5 Å². The largest absolute Gasteiger partial charge is 0.497 e. The van der Waals surface area contributed by atoms with Crippen LogP contribution in [0.25, 0.3) is 0 Å². The van der Waals surface area contributed by atoms with Crippen LogP contribution in [0.3, 0.4) is 0 Å². The third-order valence-corrected chi connectivity index (χ3v) is 9.52. The summed E-state index contributed by atoms with van der Waals surface area (Å²) >= 11 is 3.48. The van der Waals surface area contributed by atoms with Crippen LogP contribution < -0.4 is 14.4 Å². The Kier molecular flexibility index (Phi) is 11.9. The van der Waals surface area contributed by atoms with Gasteiger partial charge in [-0.3, -0.25) is 13.9 Å². The van der Waals surface area contributed by atoms with E-state index < -0.39 is 34.3 Å². The smallest absolute Gasteiger partial charge is 0.264 e. The molecule has 4 rings (SSSR count). The molecule has 0 aliphatic carbocycles. The molecule has 4 aromatic rings. The van der Waals surface area contributed by atoms with E-state index in [1.165, 1.54) is 48.4 Å². The summed E-state index contributed by atoms with van der Waals surface area (Å²) in [6, 6.07) is 26.4. The summed E-state index contributed by atoms with van der Waals surface area (Å²) in [5, 5.41) is 2.97. The number of methoxy groups -OCH3 is 1. The van der Waals surface area contributed by atoms with Gasteiger partial charge in [0, 0.05) is 24.0 Å². The van der Waals surface area contributed by atoms with Gasteiger partial charge in [-0.05, 0) is 77.7 Å². The lowest BCUT2D eigenvalue weighted by Crippen LogP contribution is -2.53. The fraction of sp³-hybridized carbons (Fsp3) is 0.257. The minimum Gasteiger partial charge on any atom is -0.497 e. The Morgan fingerprint density at radius 2 is 1.54 bits per heavy atom. The van der Waals surface area contributed by atoms with Gasteiger partial charge in [0.15, 0.2) is 0 Å². The van der Waals surface area contributed by atoms with E-state index in [2.05, 4.69) is 21.2 Å². The Morgan fingerprint density at radius 3 is 2.15 bits per heavy atom. The highest BCUT2D eigenvalue weighted by Gasteiger charge is 2.34. The van der Waals surface area contributed by atoms with Crippen LogP contribution in [0.1, 0.15) is 25.0 Å². The normalized spacial score (nSPS) is 12.0. The Hall–Kier alpha value is -4.22. The summed E-state index contributed by atoms with van der Waals surface area (Å²) in [6.07, 6.45) is 0.201. The van der Waals surface area contributed by atoms with E-state index in [-0.39, 0.29) is 35.4 Å². The second-order valence-corrected chi connectivity index (χ2v) is 13.9. The van der Waals surface area contributed by atoms with Crippen molar-refractivity contribution in [2.45, 2.75) is 37.8 Å². The van der Waals surface area contributed by atoms with E-state index in [4.69, 9.17) is 4.74 Å². The molecular weight excluding hydrogens is 673 g/mol. The van der Waals surface area contributed by atoms with Gasteiger partial charge in [-0.1, -0.05) is 72.2 Å². The molecule has 1 unspecified atom stereocenters. The molecular formula is C35H37BrFN3O5S. The molecule has 242 valence electrons. The summed E-state index contributed by atoms with van der Waals surface area (Å²) < 4.78 is 49.0. The second kappa shape index (κ2) is 15.9. The minimum atomic E-state index is -4.33. The number of amides is 2. The standard InChI is InChI=1S/C35H37BrFN3O5S/c1-25(2)22-38-35(42)33(21-26-8-5-4-6-9-26)39(23-27-10-7-11-28(36)20-27)34(41)24-40(30-14-12-29(37)13-15-30)46(43,44)32-18-16-31(45-3)17-19-32/h4-20,25,33H,21-24H2,1-3H3,(H,38,42). The average molecular weight is 711 g/mol. The number of halogens is 2. The minimum absolute atomic E-state index is 0.0325. The van der Waals surface area contributed by atoms with Gasteiger partial charge in [0.25, 0.3) is 10.0 Å². The Balaban J connectivity index is 1.79. The van der Waals surface area contributed by atoms with Crippen LogP contribution in [0.15, 0.2) is 112 Å². The highest BCUT2D eigenvalue weighted by molar-refractivity contribution is 9.10. The molecule has 0 spiro atoms. The number of anilines is 1. The third-order valence-electron chi connectivity index (χ3n) is 7.24. The third kappa shape index (κ3) is 9.17. The summed E-state index contributed by atoms with van der Waals surface area (Å²) in [4.78, 5) is 29.6. The first-order valence-corrected chi connectivity index (χ1v) is 17.0. The lowest BCUT2D eigenvalue weighted by atomic mass is 10.0. The van der Waals surface area contributed by atoms with Crippen molar-refractivity contribution >= 4 is 43.5 Å². The number of rotatable bonds is 14. The van der Waals surface area contributed by atoms with Crippen molar-refractivity contribution in [1.29, 1.82) is 0 Å². The fourth-order valence-electron chi connectivity index (χ4n) is 4.82. The number of sulfonamides is 1. The van der Waals surface area contributed by atoms with E-state index in [1.54, 1.807) is 0 Å². The number of benzene rings is 4. The maximum atomic E-state index is 14.5. The topological polar surface area (TPSA) is 96.0 Å². The molecule has 46 heavy (non-hydrogen) atoms. The van der Waals surface area contributed by atoms with E-state index >= 15 is 0 Å². The molecule has 0 bridgehead atoms. The molecule has 11 heteroatoms. The van der Waals surface area contributed by atoms with Crippen LogP contribution in [0.2, 0.25) is 0 Å². The van der Waals surface area contributed by atoms with Crippen LogP contribution in [0.4, 0.5) is 10.1 Å². The first-order chi connectivity index (χ1) is 22.0. The molecule has 0 radical (unpaired) electrons. The van der Waals surface area contributed by atoms with Gasteiger partial charge in [-0.2, -0.15) is 0 Å². The molecule has 0 fully saturated rings. The predicted octanol–water partition coefficient (Wildman–Crippen LogP) is 6.20. The van der Waals surface area contributed by atoms with E-state index in [0.717, 1.165) is 32.0 Å². The van der Waals surface area contributed by atoms with Gasteiger partial charge in [-0.15, -0.1) is 0 Å². The highest BCUT2D eigenvalue weighted by Crippen LogP contribution is 2.27. The van der Waals surface area contributed by atoms with E-state index in [1.807, 2.05) is 68.4 Å². The number of hydrogen-bond donors (Lipinski definition) is 1. The van der Waals surface area contributed by atoms with Crippen molar-refractivity contribution in [3.8, 4) is 5.75 Å². The van der Waals surface area contributed by atoms with Crippen LogP contribution in [-0.4, -0.2) is 51.4 Å². The number of ether oxygens (including phenoxy) is 1. The maximum absolute atomic E-state index is 14.5. The van der Waals surface area contributed by atoms with Gasteiger partial charge in [0.2, 0.25) is 11.8 Å². The number of hydrogen-bond acceptors (Lipinski definition) is 5. The van der Waals surface area contributed by atoms with E-state index in [0.29, 0.717) is 12.3 Å². The quantitative estimate of drug-likeness (QED) is 0.168. The average Bonchev–Trinajstić information content (AvgIpc) is 3.05. The Bertz CT molecular complexity index is 1720. The zero-order chi connectivity index (χ0) is 33.3. The van der Waals surface area contributed by atoms with Crippen LogP contribution >= 0.6 is 15.9 Å². The summed E-state index contributed by atoms with van der Waals surface area (Å²) in [6.45, 7) is 3.74. The number of carbonyl (C=O) groups excluding carboxylic acids is 2. The van der Waals surface area contributed by atoms with E-state index in [9.17, 15) is 22.4 Å². The highest BCUT2D eigenvalue weighted by atomic mass is 79.9. The SMILES string of the molecule is COc1ccc(S(=O)(=O)N(CC(=O)N(Cc2cccc(Br)c2)C(Cc2ccccc2)C(=O)NCC(C)C)c2ccc(F)cc2)cc1. The molecule has 0 aliphatic heterocycles. The summed E-state index contributed by atoms with van der Waals surface area (Å²) in [7, 11) is -2.86. The molecule has 2 amide bonds. The van der Waals surface area contributed by atoms with Gasteiger partial charge in [-0.25, -0.2) is 12.8 Å². The molecule has 0 aromatic heterocycles. The number of carbonyl (C=O) groups is 2. The number of nitrogens with zero attached hydrogens (tertiary/aromatic N) is 2. The second-order valence-electron chi connectivity index (χ2n) is 11.2. The zero-order valence-electron chi connectivity index (χ0n) is 25.9. The summed E-state index contributed by atoms with van der Waals surface area (Å²) in [5.74, 6) is -0.897. The maximum Gasteiger partial charge on any atom is 0.264 e. The van der Waals surface area contributed by atoms with Gasteiger partial charge in [0.1, 0.15) is 24.2 Å². The molecule has 4 aromatic carbocycles. The van der Waals surface area contributed by atoms with Crippen LogP contribution in [0.5, 0.6) is 5.75 Å². The van der Waals surface area contributed by atoms with Gasteiger partial charge in [0.05, 0.1) is 17.7 Å². The molecule has 1 atom stereocenters. The van der Waals surface area contributed by atoms with Gasteiger partial charge < -0.3 is 15.0 Å². The monoisotopic (exact) mass is 709 g/mol. The zero-order valence-corrected chi connectivity index (χ0v) is 28.3. The molecule has 0 saturated carbocycles. The fourth-order valence-corrected chi connectivity index (χ4v) is 6.68. The van der Waals surface area contributed by atoms with Crippen molar-refractivity contribution in [3.05, 3.63) is 125 Å². The first-order valence-electron chi connectivity index (χ1n) is 14.8. The lowest BCUT2D eigenvalue weighted by molar-refractivity contribution is -0.140. The van der Waals surface area contributed by atoms with Crippen LogP contribution in [-0.2, 0) is 32.6 Å². The molecule has 0 heterocycles. The Morgan fingerprint density at radius 1 is 0.891 bits per heavy atom. The van der Waals surface area contributed by atoms with Crippen molar-refractivity contribution in [1.82, 2.24) is 10.2 Å². The van der Waals surface area contributed by atoms with Crippen LogP contribution in [0, 0.1) is 11.7 Å². The lowest BCUT2D eigenvalue weighted by Gasteiger charge is -2.34. The Labute approximate surface area is 278 Å². The van der Waals surface area contributed by atoms with Gasteiger partial charge >= 0.3 is 0 Å². The van der Waals surface area contributed by atoms with Crippen molar-refractivity contribution in [3.63, 3.8) is 0 Å². The molecule has 0 saturated heterocycles. The van der Waals surface area contributed by atoms with Crippen molar-refractivity contribution in [2.24, 2.45) is 5.92 Å². The molecule has 8 nitrogen and oxygen atoms in total. The van der Waals surface area contributed by atoms with Crippen molar-refractivity contribution < 1.29 is 27.1 Å². The predicted molar refractivity (Wildman–Crippen MR) is 180 cm³/mol. The molecule has 0 aliphatic rings.